The Morgan fingerprint density at radius 1 is 1.12 bits per heavy atom. The summed E-state index contributed by atoms with van der Waals surface area (Å²) < 4.78 is 11.7. The molecule has 0 radical (unpaired) electrons. The van der Waals surface area contributed by atoms with Gasteiger partial charge in [-0.25, -0.2) is 4.90 Å². The van der Waals surface area contributed by atoms with Gasteiger partial charge in [0.1, 0.15) is 12.4 Å². The number of anilines is 2. The molecule has 0 saturated carbocycles. The van der Waals surface area contributed by atoms with Crippen molar-refractivity contribution in [3.8, 4) is 18.0 Å². The second-order valence-corrected chi connectivity index (χ2v) is 5.79. The maximum atomic E-state index is 9.37. The minimum Gasteiger partial charge on any atom is -0.492 e. The van der Waals surface area contributed by atoms with Crippen LogP contribution in [-0.4, -0.2) is 49.3 Å². The number of halogens is 1. The highest BCUT2D eigenvalue weighted by Gasteiger charge is 2.15. The highest BCUT2D eigenvalue weighted by molar-refractivity contribution is 9.10. The third-order valence-corrected chi connectivity index (χ3v) is 3.46. The number of nitriles is 1. The maximum absolute atomic E-state index is 9.37. The molecule has 2 aromatic rings. The summed E-state index contributed by atoms with van der Waals surface area (Å²) in [7, 11) is 5.06. The molecule has 0 atom stereocenters. The van der Waals surface area contributed by atoms with Crippen LogP contribution in [0.2, 0.25) is 0 Å². The van der Waals surface area contributed by atoms with Crippen LogP contribution in [-0.2, 0) is 0 Å². The smallest absolute Gasteiger partial charge is 0.322 e. The van der Waals surface area contributed by atoms with E-state index in [2.05, 4.69) is 37.1 Å². The third-order valence-electron chi connectivity index (χ3n) is 2.93. The average molecular weight is 393 g/mol. The Bertz CT molecular complexity index is 717. The molecule has 8 nitrogen and oxygen atoms in total. The molecular formula is C15H17BrN6O2. The summed E-state index contributed by atoms with van der Waals surface area (Å²) in [6, 6.07) is 7.61. The highest BCUT2D eigenvalue weighted by Crippen LogP contribution is 2.17. The number of nitrogens with zero attached hydrogens (tertiary/aromatic N) is 6. The molecule has 0 spiro atoms. The van der Waals surface area contributed by atoms with E-state index in [1.807, 2.05) is 24.3 Å². The molecule has 9 heteroatoms. The summed E-state index contributed by atoms with van der Waals surface area (Å²) in [5.41, 5.74) is 0. The van der Waals surface area contributed by atoms with E-state index in [9.17, 15) is 5.26 Å². The number of methoxy groups -OCH3 is 1. The van der Waals surface area contributed by atoms with Crippen molar-refractivity contribution in [1.29, 1.82) is 5.26 Å². The van der Waals surface area contributed by atoms with Crippen LogP contribution in [0.15, 0.2) is 28.7 Å². The Labute approximate surface area is 148 Å². The first-order chi connectivity index (χ1) is 11.5. The van der Waals surface area contributed by atoms with Crippen LogP contribution in [0.3, 0.4) is 0 Å². The minimum absolute atomic E-state index is 0.151. The van der Waals surface area contributed by atoms with Gasteiger partial charge in [0.2, 0.25) is 11.9 Å². The number of hydrogen-bond acceptors (Lipinski definition) is 8. The molecule has 0 aliphatic rings. The Morgan fingerprint density at radius 3 is 2.38 bits per heavy atom. The third kappa shape index (κ3) is 4.70. The Hall–Kier alpha value is -2.60. The fourth-order valence-electron chi connectivity index (χ4n) is 1.73. The van der Waals surface area contributed by atoms with E-state index in [1.54, 1.807) is 19.0 Å². The molecule has 0 aliphatic carbocycles. The van der Waals surface area contributed by atoms with Crippen LogP contribution >= 0.6 is 15.9 Å². The molecule has 0 aliphatic heterocycles. The van der Waals surface area contributed by atoms with Gasteiger partial charge in [0.05, 0.1) is 13.7 Å². The van der Waals surface area contributed by atoms with Crippen LogP contribution in [0, 0.1) is 11.5 Å². The average Bonchev–Trinajstić information content (AvgIpc) is 2.59. The summed E-state index contributed by atoms with van der Waals surface area (Å²) in [5.74, 6) is 1.34. The predicted octanol–water partition coefficient (Wildman–Crippen LogP) is 2.08. The van der Waals surface area contributed by atoms with Gasteiger partial charge in [0.15, 0.2) is 6.19 Å². The van der Waals surface area contributed by atoms with Crippen LogP contribution in [0.25, 0.3) is 0 Å². The summed E-state index contributed by atoms with van der Waals surface area (Å²) in [6.45, 7) is 0.604. The number of rotatable bonds is 7. The predicted molar refractivity (Wildman–Crippen MR) is 93.3 cm³/mol. The Morgan fingerprint density at radius 2 is 1.79 bits per heavy atom. The van der Waals surface area contributed by atoms with Crippen molar-refractivity contribution >= 4 is 27.8 Å². The topological polar surface area (TPSA) is 87.4 Å². The first kappa shape index (κ1) is 17.7. The van der Waals surface area contributed by atoms with Crippen molar-refractivity contribution in [1.82, 2.24) is 15.0 Å². The maximum Gasteiger partial charge on any atom is 0.322 e. The van der Waals surface area contributed by atoms with E-state index < -0.39 is 0 Å². The molecule has 0 bridgehead atoms. The van der Waals surface area contributed by atoms with E-state index >= 15 is 0 Å². The second-order valence-electron chi connectivity index (χ2n) is 4.87. The molecule has 1 aromatic carbocycles. The molecule has 1 heterocycles. The largest absolute Gasteiger partial charge is 0.492 e. The number of hydrogen-bond donors (Lipinski definition) is 0. The lowest BCUT2D eigenvalue weighted by atomic mass is 10.3. The fourth-order valence-corrected chi connectivity index (χ4v) is 1.99. The van der Waals surface area contributed by atoms with Gasteiger partial charge in [0, 0.05) is 18.6 Å². The first-order valence-corrected chi connectivity index (χ1v) is 7.86. The molecule has 1 aromatic heterocycles. The van der Waals surface area contributed by atoms with Gasteiger partial charge in [-0.2, -0.15) is 20.2 Å². The summed E-state index contributed by atoms with van der Waals surface area (Å²) in [5, 5.41) is 9.37. The molecule has 0 amide bonds. The summed E-state index contributed by atoms with van der Waals surface area (Å²) >= 11 is 3.37. The molecule has 126 valence electrons. The van der Waals surface area contributed by atoms with Gasteiger partial charge in [-0.3, -0.25) is 0 Å². The van der Waals surface area contributed by atoms with Crippen molar-refractivity contribution < 1.29 is 9.47 Å². The van der Waals surface area contributed by atoms with Crippen LogP contribution in [0.4, 0.5) is 11.9 Å². The zero-order valence-electron chi connectivity index (χ0n) is 13.6. The van der Waals surface area contributed by atoms with Crippen LogP contribution < -0.4 is 19.3 Å². The second kappa shape index (κ2) is 8.31. The highest BCUT2D eigenvalue weighted by atomic mass is 79.9. The van der Waals surface area contributed by atoms with E-state index in [0.29, 0.717) is 19.1 Å². The van der Waals surface area contributed by atoms with E-state index in [0.717, 1.165) is 10.2 Å². The molecule has 0 unspecified atom stereocenters. The van der Waals surface area contributed by atoms with Gasteiger partial charge < -0.3 is 14.4 Å². The first-order valence-electron chi connectivity index (χ1n) is 7.06. The zero-order valence-corrected chi connectivity index (χ0v) is 15.2. The molecule has 2 rings (SSSR count). The van der Waals surface area contributed by atoms with Crippen LogP contribution in [0.1, 0.15) is 0 Å². The zero-order chi connectivity index (χ0) is 17.5. The van der Waals surface area contributed by atoms with Gasteiger partial charge in [-0.05, 0) is 24.3 Å². The Kier molecular flexibility index (Phi) is 6.14. The van der Waals surface area contributed by atoms with Gasteiger partial charge in [-0.15, -0.1) is 0 Å². The van der Waals surface area contributed by atoms with E-state index in [1.165, 1.54) is 12.0 Å². The quantitative estimate of drug-likeness (QED) is 0.522. The van der Waals surface area contributed by atoms with E-state index in [4.69, 9.17) is 9.47 Å². The van der Waals surface area contributed by atoms with Crippen molar-refractivity contribution in [2.24, 2.45) is 0 Å². The number of aromatic nitrogens is 3. The van der Waals surface area contributed by atoms with Crippen molar-refractivity contribution in [3.63, 3.8) is 0 Å². The molecule has 0 N–H and O–H groups in total. The standard InChI is InChI=1S/C15H17BrN6O2/c1-21(2)13-18-14(20-15(19-13)23-3)22(10-17)8-9-24-12-6-4-11(16)5-7-12/h4-7H,8-9H2,1-3H3. The molecule has 0 saturated heterocycles. The number of benzene rings is 1. The van der Waals surface area contributed by atoms with Gasteiger partial charge in [0.25, 0.3) is 0 Å². The SMILES string of the molecule is COc1nc(N(C)C)nc(N(C#N)CCOc2ccc(Br)cc2)n1. The van der Waals surface area contributed by atoms with E-state index in [-0.39, 0.29) is 12.0 Å². The minimum atomic E-state index is 0.151. The molecule has 24 heavy (non-hydrogen) atoms. The lowest BCUT2D eigenvalue weighted by Gasteiger charge is -2.17. The van der Waals surface area contributed by atoms with Crippen LogP contribution in [0.5, 0.6) is 11.8 Å². The summed E-state index contributed by atoms with van der Waals surface area (Å²) in [6.07, 6.45) is 2.05. The Balaban J connectivity index is 2.06. The fraction of sp³-hybridized carbons (Fsp3) is 0.333. The molecule has 0 fully saturated rings. The lowest BCUT2D eigenvalue weighted by molar-refractivity contribution is 0.326. The number of ether oxygens (including phenoxy) is 2. The molecular weight excluding hydrogens is 376 g/mol. The van der Waals surface area contributed by atoms with Gasteiger partial charge in [-0.1, -0.05) is 15.9 Å². The monoisotopic (exact) mass is 392 g/mol. The summed E-state index contributed by atoms with van der Waals surface area (Å²) in [4.78, 5) is 15.5. The lowest BCUT2D eigenvalue weighted by Crippen LogP contribution is -2.26. The normalized spacial score (nSPS) is 9.96. The van der Waals surface area contributed by atoms with Crippen molar-refractivity contribution in [2.45, 2.75) is 0 Å². The van der Waals surface area contributed by atoms with Crippen molar-refractivity contribution in [3.05, 3.63) is 28.7 Å². The van der Waals surface area contributed by atoms with Gasteiger partial charge >= 0.3 is 6.01 Å². The van der Waals surface area contributed by atoms with Crippen molar-refractivity contribution in [2.75, 3.05) is 44.2 Å².